The van der Waals surface area contributed by atoms with E-state index >= 15 is 0 Å². The third-order valence-corrected chi connectivity index (χ3v) is 2.49. The quantitative estimate of drug-likeness (QED) is 0.361. The van der Waals surface area contributed by atoms with Crippen LogP contribution in [-0.4, -0.2) is 27.4 Å². The summed E-state index contributed by atoms with van der Waals surface area (Å²) in [4.78, 5) is 8.08. The van der Waals surface area contributed by atoms with Gasteiger partial charge < -0.3 is 5.11 Å². The van der Waals surface area contributed by atoms with E-state index < -0.39 is 8.07 Å². The van der Waals surface area contributed by atoms with Crippen molar-refractivity contribution >= 4 is 8.07 Å². The Balaban J connectivity index is 0.000000557. The third-order valence-electron chi connectivity index (χ3n) is 1.62. The molecule has 1 rings (SSSR count). The first kappa shape index (κ1) is 15.7. The van der Waals surface area contributed by atoms with E-state index in [0.717, 1.165) is 5.56 Å². The maximum Gasteiger partial charge on any atom is 0.129 e. The van der Waals surface area contributed by atoms with Gasteiger partial charge in [-0.3, -0.25) is 0 Å². The molecule has 1 aromatic carbocycles. The van der Waals surface area contributed by atoms with Crippen LogP contribution in [0.2, 0.25) is 19.6 Å². The van der Waals surface area contributed by atoms with Crippen LogP contribution in [0.1, 0.15) is 5.56 Å². The molecule has 0 atom stereocenters. The molecule has 1 aromatic rings. The molecule has 0 aromatic heterocycles. The van der Waals surface area contributed by atoms with E-state index in [-0.39, 0.29) is 0 Å². The van der Waals surface area contributed by atoms with E-state index in [1.807, 2.05) is 12.1 Å². The van der Waals surface area contributed by atoms with Crippen molar-refractivity contribution < 1.29 is 14.9 Å². The van der Waals surface area contributed by atoms with E-state index in [2.05, 4.69) is 40.9 Å². The van der Waals surface area contributed by atoms with E-state index in [1.54, 1.807) is 12.1 Å². The zero-order valence-corrected chi connectivity index (χ0v) is 12.1. The molecule has 0 bridgehead atoms. The minimum atomic E-state index is -1.28. The van der Waals surface area contributed by atoms with Crippen molar-refractivity contribution in [1.82, 2.24) is 0 Å². The van der Waals surface area contributed by atoms with Crippen molar-refractivity contribution in [2.45, 2.75) is 19.6 Å². The number of phenols is 1. The van der Waals surface area contributed by atoms with E-state index in [4.69, 9.17) is 5.11 Å². The van der Waals surface area contributed by atoms with Crippen LogP contribution in [0.15, 0.2) is 24.3 Å². The lowest BCUT2D eigenvalue weighted by Crippen LogP contribution is -2.16. The molecule has 0 spiro atoms. The highest BCUT2D eigenvalue weighted by Crippen LogP contribution is 2.08. The van der Waals surface area contributed by atoms with Crippen LogP contribution in [0.3, 0.4) is 0 Å². The topological polar surface area (TPSA) is 38.7 Å². The van der Waals surface area contributed by atoms with Crippen LogP contribution in [0.25, 0.3) is 0 Å². The highest BCUT2D eigenvalue weighted by molar-refractivity contribution is 6.83. The molecule has 0 aliphatic rings. The van der Waals surface area contributed by atoms with Gasteiger partial charge in [0.05, 0.1) is 14.2 Å². The lowest BCUT2D eigenvalue weighted by molar-refractivity contribution is -0.248. The molecule has 0 fully saturated rings. The maximum absolute atomic E-state index is 9.05. The second-order valence-electron chi connectivity index (χ2n) is 4.38. The van der Waals surface area contributed by atoms with Gasteiger partial charge in [0.15, 0.2) is 0 Å². The van der Waals surface area contributed by atoms with Gasteiger partial charge in [-0.25, -0.2) is 9.78 Å². The number of hydrogen-bond donors (Lipinski definition) is 1. The van der Waals surface area contributed by atoms with Gasteiger partial charge in [-0.05, 0) is 24.3 Å². The lowest BCUT2D eigenvalue weighted by atomic mass is 10.2. The summed E-state index contributed by atoms with van der Waals surface area (Å²) in [6, 6.07) is 6.99. The number of benzene rings is 1. The average Bonchev–Trinajstić information content (AvgIpc) is 2.28. The highest BCUT2D eigenvalue weighted by Gasteiger charge is 2.07. The smallest absolute Gasteiger partial charge is 0.129 e. The van der Waals surface area contributed by atoms with Crippen LogP contribution in [0.5, 0.6) is 5.75 Å². The van der Waals surface area contributed by atoms with Crippen molar-refractivity contribution in [3.63, 3.8) is 0 Å². The molecule has 3 nitrogen and oxygen atoms in total. The first-order chi connectivity index (χ1) is 7.89. The van der Waals surface area contributed by atoms with Gasteiger partial charge in [0.25, 0.3) is 0 Å². The fraction of sp³-hybridized carbons (Fsp3) is 0.385. The molecular formula is C13H20O3Si. The molecule has 0 saturated carbocycles. The molecule has 0 radical (unpaired) electrons. The fourth-order valence-corrected chi connectivity index (χ4v) is 1.32. The van der Waals surface area contributed by atoms with Crippen molar-refractivity contribution in [3.05, 3.63) is 29.8 Å². The zero-order valence-electron chi connectivity index (χ0n) is 11.1. The molecule has 0 aliphatic heterocycles. The van der Waals surface area contributed by atoms with Gasteiger partial charge in [-0.2, -0.15) is 0 Å². The number of aromatic hydroxyl groups is 1. The Kier molecular flexibility index (Phi) is 7.31. The Hall–Kier alpha value is -1.28. The highest BCUT2D eigenvalue weighted by atomic mass is 28.3. The van der Waals surface area contributed by atoms with Gasteiger partial charge in [-0.1, -0.05) is 25.6 Å². The molecule has 1 N–H and O–H groups in total. The second-order valence-corrected chi connectivity index (χ2v) is 9.13. The summed E-state index contributed by atoms with van der Waals surface area (Å²) in [5.74, 6) is 3.40. The molecule has 0 heterocycles. The van der Waals surface area contributed by atoms with Crippen molar-refractivity contribution in [2.75, 3.05) is 14.2 Å². The Labute approximate surface area is 104 Å². The SMILES string of the molecule is COOC.C[Si](C)(C)C#Cc1ccc(O)cc1. The monoisotopic (exact) mass is 252 g/mol. The summed E-state index contributed by atoms with van der Waals surface area (Å²) >= 11 is 0. The number of rotatable bonds is 1. The van der Waals surface area contributed by atoms with E-state index in [0.29, 0.717) is 5.75 Å². The van der Waals surface area contributed by atoms with Gasteiger partial charge in [0, 0.05) is 5.56 Å². The normalized spacial score (nSPS) is 9.71. The molecule has 0 amide bonds. The minimum Gasteiger partial charge on any atom is -0.508 e. The first-order valence-corrected chi connectivity index (χ1v) is 8.78. The van der Waals surface area contributed by atoms with Crippen LogP contribution < -0.4 is 0 Å². The maximum atomic E-state index is 9.05. The summed E-state index contributed by atoms with van der Waals surface area (Å²) < 4.78 is 0. The van der Waals surface area contributed by atoms with E-state index in [9.17, 15) is 0 Å². The van der Waals surface area contributed by atoms with Crippen molar-refractivity contribution in [1.29, 1.82) is 0 Å². The van der Waals surface area contributed by atoms with Crippen LogP contribution in [0.4, 0.5) is 0 Å². The predicted octanol–water partition coefficient (Wildman–Crippen LogP) is 2.82. The molecule has 94 valence electrons. The predicted molar refractivity (Wildman–Crippen MR) is 72.3 cm³/mol. The summed E-state index contributed by atoms with van der Waals surface area (Å²) in [7, 11) is 1.64. The Morgan fingerprint density at radius 3 is 1.82 bits per heavy atom. The third kappa shape index (κ3) is 9.63. The minimum absolute atomic E-state index is 0.290. The first-order valence-electron chi connectivity index (χ1n) is 5.28. The van der Waals surface area contributed by atoms with Crippen molar-refractivity contribution in [2.24, 2.45) is 0 Å². The Morgan fingerprint density at radius 2 is 1.47 bits per heavy atom. The molecule has 0 unspecified atom stereocenters. The van der Waals surface area contributed by atoms with Crippen LogP contribution >= 0.6 is 0 Å². The Bertz CT molecular complexity index is 366. The van der Waals surface area contributed by atoms with E-state index in [1.165, 1.54) is 14.2 Å². The van der Waals surface area contributed by atoms with Gasteiger partial charge >= 0.3 is 0 Å². The summed E-state index contributed by atoms with van der Waals surface area (Å²) in [5, 5.41) is 9.05. The molecular weight excluding hydrogens is 232 g/mol. The van der Waals surface area contributed by atoms with Crippen LogP contribution in [0, 0.1) is 11.5 Å². The molecule has 17 heavy (non-hydrogen) atoms. The van der Waals surface area contributed by atoms with Gasteiger partial charge in [0.1, 0.15) is 13.8 Å². The molecule has 4 heteroatoms. The molecule has 0 saturated heterocycles. The number of hydrogen-bond acceptors (Lipinski definition) is 3. The summed E-state index contributed by atoms with van der Waals surface area (Å²) in [6.45, 7) is 6.63. The fourth-order valence-electron chi connectivity index (χ4n) is 0.804. The van der Waals surface area contributed by atoms with Crippen LogP contribution in [-0.2, 0) is 9.78 Å². The van der Waals surface area contributed by atoms with Gasteiger partial charge in [0.2, 0.25) is 0 Å². The average molecular weight is 252 g/mol. The summed E-state index contributed by atoms with van der Waals surface area (Å²) in [5.41, 5.74) is 4.24. The van der Waals surface area contributed by atoms with Gasteiger partial charge in [-0.15, -0.1) is 5.54 Å². The zero-order chi connectivity index (χ0) is 13.3. The number of phenolic OH excluding ortho intramolecular Hbond substituents is 1. The standard InChI is InChI=1S/C11H14OSi.C2H6O2/c1-13(2,3)9-8-10-4-6-11(12)7-5-10;1-3-4-2/h4-7,12H,1-3H3;1-2H3. The summed E-state index contributed by atoms with van der Waals surface area (Å²) in [6.07, 6.45) is 0. The second kappa shape index (κ2) is 7.90. The molecule has 0 aliphatic carbocycles. The lowest BCUT2D eigenvalue weighted by Gasteiger charge is -2.03. The Morgan fingerprint density at radius 1 is 1.00 bits per heavy atom. The largest absolute Gasteiger partial charge is 0.508 e. The van der Waals surface area contributed by atoms with Crippen molar-refractivity contribution in [3.8, 4) is 17.2 Å².